The number of hydrogen-bond acceptors (Lipinski definition) is 8. The van der Waals surface area contributed by atoms with Crippen LogP contribution in [0, 0.1) is 0 Å². The van der Waals surface area contributed by atoms with Gasteiger partial charge in [-0.25, -0.2) is 9.78 Å². The number of piperazine rings is 1. The molecule has 1 aliphatic heterocycles. The molecule has 0 spiro atoms. The molecule has 176 valence electrons. The Bertz CT molecular complexity index is 998. The van der Waals surface area contributed by atoms with Crippen molar-refractivity contribution in [3.63, 3.8) is 0 Å². The number of likely N-dealkylation sites (N-methyl/N-ethyl adjacent to an activating group) is 1. The van der Waals surface area contributed by atoms with Gasteiger partial charge in [-0.1, -0.05) is 12.8 Å². The fourth-order valence-corrected chi connectivity index (χ4v) is 4.28. The summed E-state index contributed by atoms with van der Waals surface area (Å²) < 4.78 is 5.65. The smallest absolute Gasteiger partial charge is 0.328 e. The first-order valence-corrected chi connectivity index (χ1v) is 11.4. The number of hydrogen-bond donors (Lipinski definition) is 3. The van der Waals surface area contributed by atoms with Gasteiger partial charge in [-0.05, 0) is 38.1 Å². The molecule has 4 rings (SSSR count). The third-order valence-corrected chi connectivity index (χ3v) is 6.22. The Kier molecular flexibility index (Phi) is 7.29. The van der Waals surface area contributed by atoms with Gasteiger partial charge in [-0.3, -0.25) is 0 Å². The number of benzene rings is 1. The number of carbonyl (C=O) groups is 1. The van der Waals surface area contributed by atoms with Gasteiger partial charge in [0.05, 0.1) is 12.8 Å². The lowest BCUT2D eigenvalue weighted by Crippen LogP contribution is -2.44. The normalized spacial score (nSPS) is 17.5. The molecule has 1 aromatic heterocycles. The van der Waals surface area contributed by atoms with Crippen molar-refractivity contribution < 1.29 is 14.6 Å². The van der Waals surface area contributed by atoms with Crippen molar-refractivity contribution in [2.45, 2.75) is 31.7 Å². The number of aliphatic carboxylic acids is 1. The first-order valence-electron chi connectivity index (χ1n) is 11.4. The topological polar surface area (TPSA) is 103 Å². The number of carboxylic acids is 1. The Balaban J connectivity index is 1.55. The van der Waals surface area contributed by atoms with Crippen molar-refractivity contribution in [2.24, 2.45) is 0 Å². The zero-order chi connectivity index (χ0) is 23.2. The SMILES string of the molecule is COc1cc(N2CCN(C)CC2)ccc1Nc1ncc(C=CC(=O)O)c(NC2CCCC2)n1. The molecule has 1 saturated carbocycles. The fraction of sp³-hybridized carbons (Fsp3) is 0.458. The summed E-state index contributed by atoms with van der Waals surface area (Å²) in [5, 5.41) is 15.7. The van der Waals surface area contributed by atoms with E-state index in [1.54, 1.807) is 13.3 Å². The van der Waals surface area contributed by atoms with Crippen LogP contribution in [0.3, 0.4) is 0 Å². The number of carboxylic acid groups (broad SMARTS) is 1. The predicted molar refractivity (Wildman–Crippen MR) is 131 cm³/mol. The largest absolute Gasteiger partial charge is 0.494 e. The van der Waals surface area contributed by atoms with Crippen LogP contribution in [0.2, 0.25) is 0 Å². The van der Waals surface area contributed by atoms with Crippen molar-refractivity contribution in [1.29, 1.82) is 0 Å². The molecule has 0 bridgehead atoms. The quantitative estimate of drug-likeness (QED) is 0.520. The van der Waals surface area contributed by atoms with E-state index in [1.165, 1.54) is 18.9 Å². The third kappa shape index (κ3) is 5.92. The fourth-order valence-electron chi connectivity index (χ4n) is 4.28. The number of nitrogens with one attached hydrogen (secondary N) is 2. The molecule has 9 heteroatoms. The van der Waals surface area contributed by atoms with Crippen LogP contribution in [0.1, 0.15) is 31.2 Å². The molecule has 0 radical (unpaired) electrons. The summed E-state index contributed by atoms with van der Waals surface area (Å²) >= 11 is 0. The minimum absolute atomic E-state index is 0.335. The molecule has 0 unspecified atom stereocenters. The van der Waals surface area contributed by atoms with Crippen LogP contribution < -0.4 is 20.3 Å². The maximum Gasteiger partial charge on any atom is 0.328 e. The van der Waals surface area contributed by atoms with Gasteiger partial charge >= 0.3 is 5.97 Å². The van der Waals surface area contributed by atoms with Gasteiger partial charge in [-0.2, -0.15) is 4.98 Å². The van der Waals surface area contributed by atoms with Crippen LogP contribution in [0.5, 0.6) is 5.75 Å². The number of anilines is 4. The highest BCUT2D eigenvalue weighted by atomic mass is 16.5. The van der Waals surface area contributed by atoms with Crippen LogP contribution >= 0.6 is 0 Å². The molecule has 9 nitrogen and oxygen atoms in total. The van der Waals surface area contributed by atoms with Gasteiger partial charge in [-0.15, -0.1) is 0 Å². The van der Waals surface area contributed by atoms with E-state index < -0.39 is 5.97 Å². The average Bonchev–Trinajstić information content (AvgIpc) is 3.32. The van der Waals surface area contributed by atoms with Gasteiger partial charge in [0.25, 0.3) is 0 Å². The second-order valence-electron chi connectivity index (χ2n) is 8.59. The molecule has 2 heterocycles. The van der Waals surface area contributed by atoms with E-state index in [-0.39, 0.29) is 0 Å². The molecule has 3 N–H and O–H groups in total. The van der Waals surface area contributed by atoms with E-state index in [0.29, 0.717) is 23.4 Å². The minimum Gasteiger partial charge on any atom is -0.494 e. The maximum absolute atomic E-state index is 11.0. The Hall–Kier alpha value is -3.33. The highest BCUT2D eigenvalue weighted by Crippen LogP contribution is 2.32. The molecule has 0 atom stereocenters. The summed E-state index contributed by atoms with van der Waals surface area (Å²) in [5.41, 5.74) is 2.55. The van der Waals surface area contributed by atoms with Crippen molar-refractivity contribution in [2.75, 3.05) is 55.9 Å². The van der Waals surface area contributed by atoms with Gasteiger partial charge in [0.2, 0.25) is 5.95 Å². The number of ether oxygens (including phenoxy) is 1. The standard InChI is InChI=1S/C24H32N6O3/c1-29-11-13-30(14-12-29)19-8-9-20(21(15-19)33-2)27-24-25-16-17(7-10-22(31)32)23(28-24)26-18-5-3-4-6-18/h7-10,15-16,18H,3-6,11-14H2,1-2H3,(H,31,32)(H2,25,26,27,28). The van der Waals surface area contributed by atoms with E-state index in [9.17, 15) is 4.79 Å². The molecular weight excluding hydrogens is 420 g/mol. The first-order chi connectivity index (χ1) is 16.0. The average molecular weight is 453 g/mol. The van der Waals surface area contributed by atoms with E-state index in [2.05, 4.69) is 43.5 Å². The first kappa shape index (κ1) is 22.8. The lowest BCUT2D eigenvalue weighted by Gasteiger charge is -2.34. The van der Waals surface area contributed by atoms with E-state index in [0.717, 1.165) is 62.2 Å². The molecule has 2 aliphatic rings. The molecule has 33 heavy (non-hydrogen) atoms. The number of methoxy groups -OCH3 is 1. The third-order valence-electron chi connectivity index (χ3n) is 6.22. The molecule has 2 fully saturated rings. The maximum atomic E-state index is 11.0. The molecular formula is C24H32N6O3. The minimum atomic E-state index is -1.01. The Labute approximate surface area is 194 Å². The number of aromatic nitrogens is 2. The Morgan fingerprint density at radius 2 is 1.97 bits per heavy atom. The van der Waals surface area contributed by atoms with Crippen molar-refractivity contribution in [1.82, 2.24) is 14.9 Å². The lowest BCUT2D eigenvalue weighted by atomic mass is 10.2. The van der Waals surface area contributed by atoms with Crippen molar-refractivity contribution >= 4 is 35.2 Å². The monoisotopic (exact) mass is 452 g/mol. The summed E-state index contributed by atoms with van der Waals surface area (Å²) in [6.07, 6.45) is 8.79. The summed E-state index contributed by atoms with van der Waals surface area (Å²) in [6, 6.07) is 6.44. The zero-order valence-corrected chi connectivity index (χ0v) is 19.3. The van der Waals surface area contributed by atoms with E-state index >= 15 is 0 Å². The van der Waals surface area contributed by atoms with Gasteiger partial charge < -0.3 is 30.3 Å². The summed E-state index contributed by atoms with van der Waals surface area (Å²) in [7, 11) is 3.80. The lowest BCUT2D eigenvalue weighted by molar-refractivity contribution is -0.131. The molecule has 1 aromatic carbocycles. The van der Waals surface area contributed by atoms with E-state index in [4.69, 9.17) is 9.84 Å². The van der Waals surface area contributed by atoms with Crippen LogP contribution in [0.15, 0.2) is 30.5 Å². The van der Waals surface area contributed by atoms with Crippen molar-refractivity contribution in [3.8, 4) is 5.75 Å². The predicted octanol–water partition coefficient (Wildman–Crippen LogP) is 3.43. The van der Waals surface area contributed by atoms with E-state index in [1.807, 2.05) is 12.1 Å². The summed E-state index contributed by atoms with van der Waals surface area (Å²) in [5.74, 6) is 0.767. The van der Waals surface area contributed by atoms with Crippen LogP contribution in [-0.4, -0.2) is 72.3 Å². The highest BCUT2D eigenvalue weighted by molar-refractivity contribution is 5.86. The molecule has 1 saturated heterocycles. The van der Waals surface area contributed by atoms with Crippen molar-refractivity contribution in [3.05, 3.63) is 36.0 Å². The summed E-state index contributed by atoms with van der Waals surface area (Å²) in [4.78, 5) is 24.7. The van der Waals surface area contributed by atoms with Crippen LogP contribution in [-0.2, 0) is 4.79 Å². The zero-order valence-electron chi connectivity index (χ0n) is 19.3. The number of nitrogens with zero attached hydrogens (tertiary/aromatic N) is 4. The second kappa shape index (κ2) is 10.5. The highest BCUT2D eigenvalue weighted by Gasteiger charge is 2.19. The molecule has 1 aliphatic carbocycles. The van der Waals surface area contributed by atoms with Crippen LogP contribution in [0.4, 0.5) is 23.1 Å². The second-order valence-corrected chi connectivity index (χ2v) is 8.59. The van der Waals surface area contributed by atoms with Gasteiger partial charge in [0, 0.05) is 61.8 Å². The molecule has 2 aromatic rings. The Morgan fingerprint density at radius 1 is 1.21 bits per heavy atom. The molecule has 0 amide bonds. The van der Waals surface area contributed by atoms with Gasteiger partial charge in [0.15, 0.2) is 0 Å². The summed E-state index contributed by atoms with van der Waals surface area (Å²) in [6.45, 7) is 4.04. The number of rotatable bonds is 8. The van der Waals surface area contributed by atoms with Crippen LogP contribution in [0.25, 0.3) is 6.08 Å². The van der Waals surface area contributed by atoms with Gasteiger partial charge in [0.1, 0.15) is 11.6 Å². The Morgan fingerprint density at radius 3 is 2.67 bits per heavy atom.